The molecule has 23 heavy (non-hydrogen) atoms. The van der Waals surface area contributed by atoms with Gasteiger partial charge in [0.15, 0.2) is 0 Å². The average Bonchev–Trinajstić information content (AvgIpc) is 2.51. The van der Waals surface area contributed by atoms with Gasteiger partial charge in [0.2, 0.25) is 5.11 Å². The Morgan fingerprint density at radius 3 is 2.70 bits per heavy atom. The highest BCUT2D eigenvalue weighted by molar-refractivity contribution is 9.10. The van der Waals surface area contributed by atoms with Crippen molar-refractivity contribution in [2.75, 3.05) is 7.11 Å². The van der Waals surface area contributed by atoms with Crippen molar-refractivity contribution in [1.82, 2.24) is 21.5 Å². The smallest absolute Gasteiger partial charge is 0.323 e. The Kier molecular flexibility index (Phi) is 7.29. The summed E-state index contributed by atoms with van der Waals surface area (Å²) in [5.41, 5.74) is 12.8. The lowest BCUT2D eigenvalue weighted by Gasteiger charge is -2.25. The molecule has 0 bridgehead atoms. The summed E-state index contributed by atoms with van der Waals surface area (Å²) in [6, 6.07) is 2.89. The number of nitrogens with two attached hydrogens (primary N) is 1. The molecule has 0 saturated carbocycles. The lowest BCUT2D eigenvalue weighted by molar-refractivity contribution is -0.143. The molecule has 1 amide bonds. The van der Waals surface area contributed by atoms with Gasteiger partial charge in [0.1, 0.15) is 11.9 Å². The number of benzene rings is 1. The second kappa shape index (κ2) is 8.72. The molecule has 1 atom stereocenters. The number of thiocarbonyl (C=S) groups is 1. The Labute approximate surface area is 145 Å². The van der Waals surface area contributed by atoms with Crippen LogP contribution in [0.15, 0.2) is 22.7 Å². The second-order valence-corrected chi connectivity index (χ2v) is 5.51. The van der Waals surface area contributed by atoms with E-state index in [4.69, 9.17) is 18.0 Å². The number of hydrogen-bond acceptors (Lipinski definition) is 6. The Hall–Kier alpha value is -1.82. The number of methoxy groups -OCH3 is 1. The van der Waals surface area contributed by atoms with Crippen molar-refractivity contribution in [3.05, 3.63) is 34.1 Å². The Bertz CT molecular complexity index is 618. The van der Waals surface area contributed by atoms with Gasteiger partial charge in [0.25, 0.3) is 5.91 Å². The number of carbonyl (C=O) groups excluding carboxylic acids is 2. The summed E-state index contributed by atoms with van der Waals surface area (Å²) in [5.74, 6) is -1.80. The van der Waals surface area contributed by atoms with Gasteiger partial charge in [0, 0.05) is 4.47 Å². The first kappa shape index (κ1) is 19.2. The van der Waals surface area contributed by atoms with Crippen LogP contribution in [-0.2, 0) is 9.53 Å². The zero-order valence-electron chi connectivity index (χ0n) is 12.2. The largest absolute Gasteiger partial charge is 0.468 e. The fourth-order valence-corrected chi connectivity index (χ4v) is 1.89. The molecule has 8 nitrogen and oxygen atoms in total. The second-order valence-electron chi connectivity index (χ2n) is 4.24. The van der Waals surface area contributed by atoms with Crippen LogP contribution in [0.1, 0.15) is 17.3 Å². The minimum atomic E-state index is -0.741. The first-order valence-electron chi connectivity index (χ1n) is 6.20. The lowest BCUT2D eigenvalue weighted by atomic mass is 10.2. The first-order valence-corrected chi connectivity index (χ1v) is 7.41. The molecular weight excluding hydrogens is 393 g/mol. The summed E-state index contributed by atoms with van der Waals surface area (Å²) in [5, 5.41) is 0.629. The van der Waals surface area contributed by atoms with Gasteiger partial charge in [-0.25, -0.2) is 15.2 Å². The summed E-state index contributed by atoms with van der Waals surface area (Å²) in [6.45, 7) is 1.52. The van der Waals surface area contributed by atoms with Crippen molar-refractivity contribution in [3.8, 4) is 0 Å². The van der Waals surface area contributed by atoms with Gasteiger partial charge in [-0.2, -0.15) is 5.12 Å². The van der Waals surface area contributed by atoms with E-state index in [0.717, 1.165) is 11.2 Å². The number of amides is 1. The number of esters is 1. The molecule has 0 aliphatic rings. The maximum atomic E-state index is 13.2. The lowest BCUT2D eigenvalue weighted by Crippen LogP contribution is -2.62. The molecule has 1 rings (SSSR count). The van der Waals surface area contributed by atoms with Crippen LogP contribution < -0.4 is 22.1 Å². The molecule has 1 unspecified atom stereocenters. The molecule has 126 valence electrons. The van der Waals surface area contributed by atoms with Crippen LogP contribution in [0.3, 0.4) is 0 Å². The standard InChI is InChI=1S/C12H15BrFN5O3S/c1-6(11(21)22-2)16-18-19(12(15)23)17-10(20)8-5-7(14)3-4-9(8)13/h3-6,16,18H,1-2H3,(H2,15,23)(H,17,20). The van der Waals surface area contributed by atoms with Crippen LogP contribution >= 0.6 is 28.1 Å². The molecule has 0 aromatic heterocycles. The third-order valence-electron chi connectivity index (χ3n) is 2.55. The van der Waals surface area contributed by atoms with Crippen LogP contribution in [0.4, 0.5) is 4.39 Å². The van der Waals surface area contributed by atoms with Crippen molar-refractivity contribution in [3.63, 3.8) is 0 Å². The van der Waals surface area contributed by atoms with Gasteiger partial charge in [-0.05, 0) is 53.3 Å². The summed E-state index contributed by atoms with van der Waals surface area (Å²) in [7, 11) is 1.23. The van der Waals surface area contributed by atoms with Crippen LogP contribution in [0.2, 0.25) is 0 Å². The topological polar surface area (TPSA) is 109 Å². The molecule has 11 heteroatoms. The van der Waals surface area contributed by atoms with Gasteiger partial charge >= 0.3 is 5.97 Å². The monoisotopic (exact) mass is 407 g/mol. The molecule has 0 saturated heterocycles. The molecule has 0 aliphatic carbocycles. The van der Waals surface area contributed by atoms with E-state index in [2.05, 4.69) is 37.1 Å². The molecule has 0 fully saturated rings. The summed E-state index contributed by atoms with van der Waals surface area (Å²) in [4.78, 5) is 23.4. The van der Waals surface area contributed by atoms with E-state index in [1.54, 1.807) is 0 Å². The quantitative estimate of drug-likeness (QED) is 0.314. The molecule has 0 radical (unpaired) electrons. The van der Waals surface area contributed by atoms with E-state index in [1.807, 2.05) is 0 Å². The van der Waals surface area contributed by atoms with E-state index < -0.39 is 23.7 Å². The third kappa shape index (κ3) is 5.71. The van der Waals surface area contributed by atoms with Gasteiger partial charge < -0.3 is 10.5 Å². The van der Waals surface area contributed by atoms with E-state index >= 15 is 0 Å². The van der Waals surface area contributed by atoms with Gasteiger partial charge in [-0.3, -0.25) is 9.59 Å². The average molecular weight is 408 g/mol. The summed E-state index contributed by atoms with van der Waals surface area (Å²) >= 11 is 7.92. The SMILES string of the molecule is COC(=O)C(C)NNN(NC(=O)c1cc(F)ccc1Br)C(N)=S. The predicted octanol–water partition coefficient (Wildman–Crippen LogP) is 0.349. The molecule has 0 aliphatic heterocycles. The van der Waals surface area contributed by atoms with Crippen LogP contribution in [0, 0.1) is 5.82 Å². The fourth-order valence-electron chi connectivity index (χ4n) is 1.37. The maximum Gasteiger partial charge on any atom is 0.323 e. The number of nitrogens with one attached hydrogen (secondary N) is 3. The first-order chi connectivity index (χ1) is 10.8. The highest BCUT2D eigenvalue weighted by Crippen LogP contribution is 2.17. The van der Waals surface area contributed by atoms with Crippen LogP contribution in [-0.4, -0.2) is 35.3 Å². The normalized spacial score (nSPS) is 11.5. The Balaban J connectivity index is 2.76. The number of carbonyl (C=O) groups is 2. The zero-order valence-corrected chi connectivity index (χ0v) is 14.6. The number of nitrogens with zero attached hydrogens (tertiary/aromatic N) is 1. The van der Waals surface area contributed by atoms with Gasteiger partial charge in [0.05, 0.1) is 12.7 Å². The molecule has 1 aromatic carbocycles. The van der Waals surface area contributed by atoms with Gasteiger partial charge in [-0.1, -0.05) is 0 Å². The highest BCUT2D eigenvalue weighted by Gasteiger charge is 2.18. The third-order valence-corrected chi connectivity index (χ3v) is 3.43. The number of hydrogen-bond donors (Lipinski definition) is 4. The fraction of sp³-hybridized carbons (Fsp3) is 0.250. The number of rotatable bonds is 5. The van der Waals surface area contributed by atoms with Crippen molar-refractivity contribution in [1.29, 1.82) is 0 Å². The predicted molar refractivity (Wildman–Crippen MR) is 87.9 cm³/mol. The zero-order chi connectivity index (χ0) is 17.6. The molecule has 1 aromatic rings. The van der Waals surface area contributed by atoms with Crippen LogP contribution in [0.5, 0.6) is 0 Å². The van der Waals surface area contributed by atoms with E-state index in [9.17, 15) is 14.0 Å². The molecular formula is C12H15BrFN5O3S. The van der Waals surface area contributed by atoms with Gasteiger partial charge in [-0.15, -0.1) is 5.53 Å². The molecule has 0 heterocycles. The number of hydrazine groups is 3. The maximum absolute atomic E-state index is 13.2. The Morgan fingerprint density at radius 1 is 1.48 bits per heavy atom. The Morgan fingerprint density at radius 2 is 2.13 bits per heavy atom. The van der Waals surface area contributed by atoms with E-state index in [0.29, 0.717) is 4.47 Å². The van der Waals surface area contributed by atoms with Crippen LogP contribution in [0.25, 0.3) is 0 Å². The van der Waals surface area contributed by atoms with Crippen molar-refractivity contribution in [2.24, 2.45) is 5.73 Å². The minimum absolute atomic E-state index is 0.0362. The summed E-state index contributed by atoms with van der Waals surface area (Å²) in [6.07, 6.45) is 0. The van der Waals surface area contributed by atoms with Crippen molar-refractivity contribution >= 4 is 45.1 Å². The summed E-state index contributed by atoms with van der Waals surface area (Å²) < 4.78 is 18.2. The van der Waals surface area contributed by atoms with Crippen molar-refractivity contribution < 1.29 is 18.7 Å². The number of ether oxygens (including phenoxy) is 1. The highest BCUT2D eigenvalue weighted by atomic mass is 79.9. The van der Waals surface area contributed by atoms with E-state index in [1.165, 1.54) is 26.2 Å². The minimum Gasteiger partial charge on any atom is -0.468 e. The number of halogens is 2. The molecule has 0 spiro atoms. The van der Waals surface area contributed by atoms with Crippen molar-refractivity contribution in [2.45, 2.75) is 13.0 Å². The molecule has 5 N–H and O–H groups in total. The van der Waals surface area contributed by atoms with E-state index in [-0.39, 0.29) is 10.7 Å².